The standard InChI is InChI=1S/2C16H13.C6H5Si.CH3.2ClH.Zr/c2*1-12-10-14-8-5-9-15(16(14)11-12)13-6-3-2-4-7-13;7-6-4-2-1-3-5-6;;;;/h2*2-11H,1H3;1-5H;1H3;2*1H;/q2*-1;;-1;;;+3. The topological polar surface area (TPSA) is 0 Å². The van der Waals surface area contributed by atoms with Crippen LogP contribution < -0.4 is 5.19 Å². The van der Waals surface area contributed by atoms with Gasteiger partial charge in [0.05, 0.1) is 10.2 Å². The van der Waals surface area contributed by atoms with Gasteiger partial charge in [0, 0.05) is 0 Å². The monoisotopic (exact) mass is 692 g/mol. The van der Waals surface area contributed by atoms with Gasteiger partial charge in [-0.15, -0.1) is 93.9 Å². The summed E-state index contributed by atoms with van der Waals surface area (Å²) in [6, 6.07) is 53.1. The zero-order valence-electron chi connectivity index (χ0n) is 24.8. The van der Waals surface area contributed by atoms with Crippen LogP contribution in [0, 0.1) is 21.3 Å². The molecule has 214 valence electrons. The predicted molar refractivity (Wildman–Crippen MR) is 192 cm³/mol. The van der Waals surface area contributed by atoms with E-state index in [-0.39, 0.29) is 58.4 Å². The minimum absolute atomic E-state index is 0. The molecule has 0 aliphatic rings. The molecular formula is C39H36Cl2SiZr. The third kappa shape index (κ3) is 10.0. The molecule has 0 spiro atoms. The molecule has 0 nitrogen and oxygen atoms in total. The van der Waals surface area contributed by atoms with E-state index in [0.29, 0.717) is 0 Å². The zero-order valence-corrected chi connectivity index (χ0v) is 29.8. The summed E-state index contributed by atoms with van der Waals surface area (Å²) in [5.41, 5.74) is 7.89. The predicted octanol–water partition coefficient (Wildman–Crippen LogP) is 10.8. The fourth-order valence-corrected chi connectivity index (χ4v) is 5.14. The molecule has 0 heterocycles. The fraction of sp³-hybridized carbons (Fsp3) is 0.0513. The molecule has 4 radical (unpaired) electrons. The molecule has 0 N–H and O–H groups in total. The first-order valence-electron chi connectivity index (χ1n) is 13.3. The summed E-state index contributed by atoms with van der Waals surface area (Å²) in [5, 5.41) is 6.50. The second-order valence-electron chi connectivity index (χ2n) is 9.78. The Balaban J connectivity index is 0.000000328. The Kier molecular flexibility index (Phi) is 16.5. The average Bonchev–Trinajstić information content (AvgIpc) is 3.55. The van der Waals surface area contributed by atoms with E-state index in [2.05, 4.69) is 145 Å². The van der Waals surface area contributed by atoms with Gasteiger partial charge in [-0.2, -0.15) is 12.1 Å². The van der Waals surface area contributed by atoms with Crippen LogP contribution in [0.1, 0.15) is 11.1 Å². The third-order valence-electron chi connectivity index (χ3n) is 6.73. The molecule has 43 heavy (non-hydrogen) atoms. The molecule has 7 rings (SSSR count). The Morgan fingerprint density at radius 1 is 0.465 bits per heavy atom. The van der Waals surface area contributed by atoms with Gasteiger partial charge >= 0.3 is 26.2 Å². The Morgan fingerprint density at radius 3 is 1.14 bits per heavy atom. The molecule has 0 fully saturated rings. The first-order chi connectivity index (χ1) is 19.1. The molecular weight excluding hydrogens is 659 g/mol. The van der Waals surface area contributed by atoms with Crippen molar-refractivity contribution in [3.8, 4) is 22.3 Å². The molecule has 0 saturated carbocycles. The Labute approximate surface area is 292 Å². The van der Waals surface area contributed by atoms with E-state index in [1.807, 2.05) is 30.3 Å². The van der Waals surface area contributed by atoms with Crippen molar-refractivity contribution in [1.82, 2.24) is 0 Å². The van der Waals surface area contributed by atoms with Gasteiger partial charge in [-0.1, -0.05) is 133 Å². The van der Waals surface area contributed by atoms with E-state index in [9.17, 15) is 0 Å². The third-order valence-corrected chi connectivity index (χ3v) is 7.07. The molecule has 7 aromatic carbocycles. The van der Waals surface area contributed by atoms with E-state index < -0.39 is 0 Å². The quantitative estimate of drug-likeness (QED) is 0.125. The van der Waals surface area contributed by atoms with Crippen molar-refractivity contribution < 1.29 is 26.2 Å². The average molecular weight is 695 g/mol. The largest absolute Gasteiger partial charge is 3.00 e. The molecule has 0 aliphatic carbocycles. The SMILES string of the molecule is Cc1cc2c(-c3ccccc3)cccc2[cH-]1.Cc1cc2c(-c3ccccc3)cccc2[cH-]1.Cl.Cl.[CH3-].[Si]c1ccccc1.[Zr+3]. The van der Waals surface area contributed by atoms with Gasteiger partial charge in [0.1, 0.15) is 0 Å². The van der Waals surface area contributed by atoms with E-state index in [4.69, 9.17) is 0 Å². The smallest absolute Gasteiger partial charge is 0.358 e. The van der Waals surface area contributed by atoms with Crippen molar-refractivity contribution in [3.05, 3.63) is 170 Å². The van der Waals surface area contributed by atoms with Crippen LogP contribution in [-0.4, -0.2) is 10.2 Å². The summed E-state index contributed by atoms with van der Waals surface area (Å²) in [7, 11) is 3.36. The number of hydrogen-bond donors (Lipinski definition) is 0. The molecule has 0 amide bonds. The van der Waals surface area contributed by atoms with E-state index in [0.717, 1.165) is 5.19 Å². The maximum Gasteiger partial charge on any atom is 3.00 e. The van der Waals surface area contributed by atoms with Crippen LogP contribution in [0.15, 0.2) is 152 Å². The van der Waals surface area contributed by atoms with E-state index in [1.54, 1.807) is 0 Å². The number of hydrogen-bond acceptors (Lipinski definition) is 0. The molecule has 0 aliphatic heterocycles. The summed E-state index contributed by atoms with van der Waals surface area (Å²) in [6.07, 6.45) is 0. The summed E-state index contributed by atoms with van der Waals surface area (Å²) in [6.45, 7) is 4.30. The normalized spacial score (nSPS) is 9.47. The molecule has 0 saturated heterocycles. The van der Waals surface area contributed by atoms with Crippen molar-refractivity contribution in [3.63, 3.8) is 0 Å². The number of aryl methyl sites for hydroxylation is 2. The van der Waals surface area contributed by atoms with Crippen molar-refractivity contribution in [1.29, 1.82) is 0 Å². The van der Waals surface area contributed by atoms with Gasteiger partial charge < -0.3 is 7.43 Å². The van der Waals surface area contributed by atoms with Crippen LogP contribution in [0.4, 0.5) is 0 Å². The van der Waals surface area contributed by atoms with Crippen molar-refractivity contribution in [2.24, 2.45) is 0 Å². The molecule has 0 unspecified atom stereocenters. The molecule has 0 bridgehead atoms. The molecule has 0 aromatic heterocycles. The second-order valence-corrected chi connectivity index (χ2v) is 10.4. The fourth-order valence-electron chi connectivity index (χ4n) is 4.95. The van der Waals surface area contributed by atoms with Crippen LogP contribution in [0.25, 0.3) is 43.8 Å². The van der Waals surface area contributed by atoms with Crippen molar-refractivity contribution in [2.45, 2.75) is 13.8 Å². The van der Waals surface area contributed by atoms with E-state index >= 15 is 0 Å². The number of fused-ring (bicyclic) bond motifs is 2. The molecule has 7 aromatic rings. The minimum Gasteiger partial charge on any atom is -0.358 e. The number of rotatable bonds is 2. The van der Waals surface area contributed by atoms with Crippen LogP contribution in [0.5, 0.6) is 0 Å². The van der Waals surface area contributed by atoms with Crippen LogP contribution in [0.3, 0.4) is 0 Å². The van der Waals surface area contributed by atoms with Crippen molar-refractivity contribution >= 4 is 61.8 Å². The van der Waals surface area contributed by atoms with Gasteiger partial charge in [-0.25, -0.2) is 0 Å². The maximum atomic E-state index is 3.36. The first-order valence-corrected chi connectivity index (χ1v) is 13.8. The van der Waals surface area contributed by atoms with Crippen LogP contribution in [-0.2, 0) is 26.2 Å². The van der Waals surface area contributed by atoms with Gasteiger partial charge in [0.15, 0.2) is 0 Å². The molecule has 0 atom stereocenters. The van der Waals surface area contributed by atoms with Gasteiger partial charge in [-0.05, 0) is 11.1 Å². The first kappa shape index (κ1) is 38.0. The zero-order chi connectivity index (χ0) is 27.0. The Hall–Kier alpha value is -3.00. The Bertz CT molecular complexity index is 1660. The second kappa shape index (κ2) is 18.6. The molecule has 4 heteroatoms. The van der Waals surface area contributed by atoms with Gasteiger partial charge in [-0.3, -0.25) is 0 Å². The van der Waals surface area contributed by atoms with Gasteiger partial charge in [0.2, 0.25) is 0 Å². The summed E-state index contributed by atoms with van der Waals surface area (Å²) in [4.78, 5) is 0. The Morgan fingerprint density at radius 2 is 0.814 bits per heavy atom. The summed E-state index contributed by atoms with van der Waals surface area (Å²) < 4.78 is 0. The summed E-state index contributed by atoms with van der Waals surface area (Å²) in [5.74, 6) is 0. The number of halogens is 2. The van der Waals surface area contributed by atoms with Gasteiger partial charge in [0.25, 0.3) is 0 Å². The van der Waals surface area contributed by atoms with Crippen molar-refractivity contribution in [2.75, 3.05) is 0 Å². The number of benzene rings is 5. The maximum absolute atomic E-state index is 3.36. The van der Waals surface area contributed by atoms with Crippen LogP contribution in [0.2, 0.25) is 0 Å². The van der Waals surface area contributed by atoms with E-state index in [1.165, 1.54) is 54.9 Å². The minimum atomic E-state index is 0. The summed E-state index contributed by atoms with van der Waals surface area (Å²) >= 11 is 0. The van der Waals surface area contributed by atoms with Crippen LogP contribution >= 0.6 is 24.8 Å².